The lowest BCUT2D eigenvalue weighted by molar-refractivity contribution is 0.0921. The molecule has 0 saturated heterocycles. The Hall–Kier alpha value is -2.53. The van der Waals surface area contributed by atoms with Gasteiger partial charge in [-0.25, -0.2) is 0 Å². The molecule has 0 spiro atoms. The molecule has 0 aliphatic heterocycles. The summed E-state index contributed by atoms with van der Waals surface area (Å²) in [5, 5.41) is 8.53. The van der Waals surface area contributed by atoms with Gasteiger partial charge in [-0.3, -0.25) is 9.48 Å². The van der Waals surface area contributed by atoms with Crippen molar-refractivity contribution in [2.24, 2.45) is 5.92 Å². The van der Waals surface area contributed by atoms with Crippen molar-refractivity contribution in [1.82, 2.24) is 15.1 Å². The van der Waals surface area contributed by atoms with Crippen molar-refractivity contribution in [2.75, 3.05) is 6.54 Å². The smallest absolute Gasteiger partial charge is 0.287 e. The van der Waals surface area contributed by atoms with Gasteiger partial charge in [-0.15, -0.1) is 0 Å². The van der Waals surface area contributed by atoms with E-state index in [0.717, 1.165) is 52.4 Å². The molecule has 0 unspecified atom stereocenters. The number of furan rings is 1. The van der Waals surface area contributed by atoms with Crippen LogP contribution in [0.25, 0.3) is 11.3 Å². The minimum atomic E-state index is -0.144. The molecule has 0 radical (unpaired) electrons. The molecule has 0 saturated carbocycles. The highest BCUT2D eigenvalue weighted by atomic mass is 35.5. The number of amides is 1. The monoisotopic (exact) mass is 411 g/mol. The van der Waals surface area contributed by atoms with E-state index in [0.29, 0.717) is 24.8 Å². The summed E-state index contributed by atoms with van der Waals surface area (Å²) in [4.78, 5) is 12.6. The number of benzene rings is 1. The maximum atomic E-state index is 12.6. The molecule has 5 nitrogen and oxygen atoms in total. The van der Waals surface area contributed by atoms with Crippen molar-refractivity contribution in [3.05, 3.63) is 63.7 Å². The molecule has 1 aliphatic carbocycles. The number of hydrogen-bond acceptors (Lipinski definition) is 3. The van der Waals surface area contributed by atoms with E-state index >= 15 is 0 Å². The molecule has 2 aromatic heterocycles. The summed E-state index contributed by atoms with van der Waals surface area (Å²) in [6, 6.07) is 7.81. The quantitative estimate of drug-likeness (QED) is 0.619. The van der Waals surface area contributed by atoms with Crippen molar-refractivity contribution in [3.8, 4) is 11.3 Å². The van der Waals surface area contributed by atoms with Crippen LogP contribution < -0.4 is 5.32 Å². The van der Waals surface area contributed by atoms with Crippen LogP contribution in [0.1, 0.15) is 53.3 Å². The van der Waals surface area contributed by atoms with E-state index in [9.17, 15) is 4.79 Å². The second-order valence-electron chi connectivity index (χ2n) is 8.08. The number of nitrogens with zero attached hydrogens (tertiary/aromatic N) is 2. The van der Waals surface area contributed by atoms with Gasteiger partial charge >= 0.3 is 0 Å². The van der Waals surface area contributed by atoms with E-state index in [1.54, 1.807) is 0 Å². The largest absolute Gasteiger partial charge is 0.455 e. The van der Waals surface area contributed by atoms with Crippen LogP contribution in [-0.2, 0) is 19.4 Å². The van der Waals surface area contributed by atoms with Gasteiger partial charge in [0.15, 0.2) is 5.76 Å². The van der Waals surface area contributed by atoms with E-state index in [4.69, 9.17) is 21.1 Å². The summed E-state index contributed by atoms with van der Waals surface area (Å²) >= 11 is 6.31. The number of carbonyl (C=O) groups excluding carboxylic acids is 1. The molecule has 29 heavy (non-hydrogen) atoms. The van der Waals surface area contributed by atoms with Crippen LogP contribution in [0.15, 0.2) is 34.9 Å². The van der Waals surface area contributed by atoms with E-state index in [-0.39, 0.29) is 5.91 Å². The van der Waals surface area contributed by atoms with E-state index in [2.05, 4.69) is 25.4 Å². The van der Waals surface area contributed by atoms with Gasteiger partial charge in [0.2, 0.25) is 0 Å². The maximum absolute atomic E-state index is 12.6. The summed E-state index contributed by atoms with van der Waals surface area (Å²) in [6.07, 6.45) is 4.66. The van der Waals surface area contributed by atoms with Crippen LogP contribution in [0.5, 0.6) is 0 Å². The minimum Gasteiger partial charge on any atom is -0.455 e. The first-order valence-electron chi connectivity index (χ1n) is 10.1. The fraction of sp³-hybridized carbons (Fsp3) is 0.391. The van der Waals surface area contributed by atoms with E-state index in [1.165, 1.54) is 5.56 Å². The number of halogens is 1. The van der Waals surface area contributed by atoms with E-state index in [1.807, 2.05) is 35.9 Å². The highest BCUT2D eigenvalue weighted by Gasteiger charge is 2.29. The fourth-order valence-electron chi connectivity index (χ4n) is 3.82. The molecule has 1 amide bonds. The first kappa shape index (κ1) is 19.8. The zero-order valence-electron chi connectivity index (χ0n) is 17.1. The lowest BCUT2D eigenvalue weighted by Gasteiger charge is -2.09. The number of carbonyl (C=O) groups is 1. The van der Waals surface area contributed by atoms with Crippen LogP contribution in [0.3, 0.4) is 0 Å². The first-order chi connectivity index (χ1) is 13.9. The normalized spacial score (nSPS) is 12.7. The van der Waals surface area contributed by atoms with Gasteiger partial charge in [-0.1, -0.05) is 43.6 Å². The Morgan fingerprint density at radius 1 is 1.31 bits per heavy atom. The van der Waals surface area contributed by atoms with Crippen LogP contribution in [0.2, 0.25) is 5.02 Å². The molecular formula is C23H26ClN3O2. The maximum Gasteiger partial charge on any atom is 0.287 e. The molecular weight excluding hydrogens is 386 g/mol. The Kier molecular flexibility index (Phi) is 5.50. The van der Waals surface area contributed by atoms with Crippen molar-refractivity contribution in [1.29, 1.82) is 0 Å². The Bertz CT molecular complexity index is 1050. The number of hydrogen-bond donors (Lipinski definition) is 1. The molecule has 1 N–H and O–H groups in total. The summed E-state index contributed by atoms with van der Waals surface area (Å²) in [5.41, 5.74) is 4.97. The van der Waals surface area contributed by atoms with Crippen molar-refractivity contribution in [2.45, 2.75) is 46.6 Å². The molecule has 1 aliphatic rings. The Balaban J connectivity index is 1.60. The zero-order chi connectivity index (χ0) is 20.5. The van der Waals surface area contributed by atoms with Crippen LogP contribution in [0.4, 0.5) is 0 Å². The Morgan fingerprint density at radius 2 is 2.10 bits per heavy atom. The topological polar surface area (TPSA) is 60.1 Å². The van der Waals surface area contributed by atoms with Gasteiger partial charge < -0.3 is 9.73 Å². The van der Waals surface area contributed by atoms with Gasteiger partial charge in [0.05, 0.1) is 12.2 Å². The Morgan fingerprint density at radius 3 is 2.86 bits per heavy atom. The Labute approximate surface area is 176 Å². The second kappa shape index (κ2) is 8.07. The van der Waals surface area contributed by atoms with Crippen molar-refractivity contribution >= 4 is 17.5 Å². The average Bonchev–Trinajstić information content (AvgIpc) is 3.23. The van der Waals surface area contributed by atoms with Gasteiger partial charge in [0, 0.05) is 35.3 Å². The number of nitrogens with one attached hydrogen (secondary N) is 1. The first-order valence-corrected chi connectivity index (χ1v) is 10.5. The lowest BCUT2D eigenvalue weighted by Crippen LogP contribution is -2.25. The second-order valence-corrected chi connectivity index (χ2v) is 8.49. The zero-order valence-corrected chi connectivity index (χ0v) is 17.8. The highest BCUT2D eigenvalue weighted by Crippen LogP contribution is 2.38. The summed E-state index contributed by atoms with van der Waals surface area (Å²) < 4.78 is 7.90. The molecule has 6 heteroatoms. The highest BCUT2D eigenvalue weighted by molar-refractivity contribution is 6.31. The molecule has 0 atom stereocenters. The number of rotatable bonds is 6. The third-order valence-electron chi connectivity index (χ3n) is 5.42. The number of fused-ring (bicyclic) bond motifs is 3. The van der Waals surface area contributed by atoms with Gasteiger partial charge in [0.1, 0.15) is 5.76 Å². The third kappa shape index (κ3) is 3.97. The van der Waals surface area contributed by atoms with Crippen LogP contribution in [-0.4, -0.2) is 22.2 Å². The number of aryl methyl sites for hydroxylation is 2. The van der Waals surface area contributed by atoms with Gasteiger partial charge in [-0.05, 0) is 42.9 Å². The van der Waals surface area contributed by atoms with Crippen LogP contribution >= 0.6 is 11.6 Å². The average molecular weight is 412 g/mol. The lowest BCUT2D eigenvalue weighted by atomic mass is 9.93. The van der Waals surface area contributed by atoms with Crippen molar-refractivity contribution < 1.29 is 9.21 Å². The minimum absolute atomic E-state index is 0.144. The molecule has 4 rings (SSSR count). The number of aromatic nitrogens is 2. The van der Waals surface area contributed by atoms with Gasteiger partial charge in [0.25, 0.3) is 5.91 Å². The fourth-order valence-corrected chi connectivity index (χ4v) is 4.01. The summed E-state index contributed by atoms with van der Waals surface area (Å²) in [6.45, 7) is 7.50. The summed E-state index contributed by atoms with van der Waals surface area (Å²) in [5.74, 6) is 1.67. The van der Waals surface area contributed by atoms with E-state index < -0.39 is 0 Å². The SMILES string of the molecule is Cc1c(C(=O)NCCC(C)C)oc2c1-c1nn(Cc3ccccc3Cl)cc1CC2. The molecule has 3 aromatic rings. The standard InChI is InChI=1S/C23H26ClN3O2/c1-14(2)10-11-25-23(28)22-15(3)20-19(29-22)9-8-17-13-27(26-21(17)20)12-16-6-4-5-7-18(16)24/h4-7,13-14H,8-12H2,1-3H3,(H,25,28). The molecule has 2 heterocycles. The predicted molar refractivity (Wildman–Crippen MR) is 114 cm³/mol. The third-order valence-corrected chi connectivity index (χ3v) is 5.79. The predicted octanol–water partition coefficient (Wildman–Crippen LogP) is 5.03. The molecule has 0 bridgehead atoms. The molecule has 1 aromatic carbocycles. The van der Waals surface area contributed by atoms with Gasteiger partial charge in [-0.2, -0.15) is 5.10 Å². The van der Waals surface area contributed by atoms with Crippen LogP contribution in [0, 0.1) is 12.8 Å². The molecule has 0 fully saturated rings. The summed E-state index contributed by atoms with van der Waals surface area (Å²) in [7, 11) is 0. The van der Waals surface area contributed by atoms with Crippen molar-refractivity contribution in [3.63, 3.8) is 0 Å². The molecule has 152 valence electrons.